The molecule has 1 aromatic heterocycles. The number of carbonyl (C=O) groups excluding carboxylic acids is 1. The molecule has 1 aliphatic rings. The second-order valence-corrected chi connectivity index (χ2v) is 9.70. The molecule has 1 aliphatic heterocycles. The van der Waals surface area contributed by atoms with Crippen molar-refractivity contribution in [3.8, 4) is 5.75 Å². The number of nitrogens with one attached hydrogen (secondary N) is 1. The first-order valence-corrected chi connectivity index (χ1v) is 11.4. The maximum atomic E-state index is 12.5. The van der Waals surface area contributed by atoms with Crippen LogP contribution in [0, 0.1) is 5.92 Å². The van der Waals surface area contributed by atoms with Crippen molar-refractivity contribution in [2.75, 3.05) is 26.2 Å². The molecule has 6 nitrogen and oxygen atoms in total. The topological polar surface area (TPSA) is 75.7 Å². The van der Waals surface area contributed by atoms with Gasteiger partial charge in [-0.15, -0.1) is 11.3 Å². The molecule has 9 heteroatoms. The van der Waals surface area contributed by atoms with E-state index in [9.17, 15) is 13.2 Å². The molecule has 0 unspecified atom stereocenters. The number of sulfonamides is 1. The van der Waals surface area contributed by atoms with Gasteiger partial charge in [0, 0.05) is 19.0 Å². The Morgan fingerprint density at radius 3 is 2.63 bits per heavy atom. The van der Waals surface area contributed by atoms with Crippen molar-refractivity contribution in [3.63, 3.8) is 0 Å². The van der Waals surface area contributed by atoms with Gasteiger partial charge in [0.25, 0.3) is 10.0 Å². The molecule has 2 aromatic rings. The molecule has 2 heterocycles. The zero-order chi connectivity index (χ0) is 19.3. The van der Waals surface area contributed by atoms with Crippen molar-refractivity contribution in [3.05, 3.63) is 46.8 Å². The average Bonchev–Trinajstić information content (AvgIpc) is 3.22. The monoisotopic (exact) mass is 428 g/mol. The zero-order valence-electron chi connectivity index (χ0n) is 14.6. The van der Waals surface area contributed by atoms with Gasteiger partial charge in [0.1, 0.15) is 16.6 Å². The summed E-state index contributed by atoms with van der Waals surface area (Å²) in [7, 11) is -3.44. The average molecular weight is 429 g/mol. The Balaban J connectivity index is 1.42. The molecule has 0 atom stereocenters. The Labute approximate surface area is 168 Å². The number of benzene rings is 1. The van der Waals surface area contributed by atoms with Gasteiger partial charge in [0.15, 0.2) is 0 Å². The molecule has 27 heavy (non-hydrogen) atoms. The summed E-state index contributed by atoms with van der Waals surface area (Å²) in [5.74, 6) is 0.339. The highest BCUT2D eigenvalue weighted by atomic mass is 35.5. The van der Waals surface area contributed by atoms with Crippen LogP contribution in [0.15, 0.2) is 46.0 Å². The molecular formula is C18H21ClN2O4S2. The normalized spacial score (nSPS) is 16.2. The number of thiophene rings is 1. The number of piperidine rings is 1. The van der Waals surface area contributed by atoms with E-state index in [1.54, 1.807) is 29.6 Å². The molecule has 0 bridgehead atoms. The van der Waals surface area contributed by atoms with Crippen molar-refractivity contribution >= 4 is 38.9 Å². The van der Waals surface area contributed by atoms with Gasteiger partial charge in [-0.1, -0.05) is 29.8 Å². The van der Waals surface area contributed by atoms with Gasteiger partial charge in [-0.3, -0.25) is 4.79 Å². The van der Waals surface area contributed by atoms with Crippen LogP contribution in [-0.4, -0.2) is 44.9 Å². The van der Waals surface area contributed by atoms with E-state index >= 15 is 0 Å². The minimum absolute atomic E-state index is 0.0640. The molecule has 0 saturated carbocycles. The first-order chi connectivity index (χ1) is 13.0. The summed E-state index contributed by atoms with van der Waals surface area (Å²) in [5.41, 5.74) is 0. The number of nitrogens with zero attached hydrogens (tertiary/aromatic N) is 1. The maximum Gasteiger partial charge on any atom is 0.252 e. The predicted molar refractivity (Wildman–Crippen MR) is 106 cm³/mol. The number of hydrogen-bond acceptors (Lipinski definition) is 5. The first-order valence-electron chi connectivity index (χ1n) is 8.67. The molecule has 1 saturated heterocycles. The summed E-state index contributed by atoms with van der Waals surface area (Å²) in [6.45, 7) is 1.40. The summed E-state index contributed by atoms with van der Waals surface area (Å²) in [4.78, 5) is 12.3. The lowest BCUT2D eigenvalue weighted by Crippen LogP contribution is -2.43. The van der Waals surface area contributed by atoms with Gasteiger partial charge in [-0.05, 0) is 36.4 Å². The Morgan fingerprint density at radius 2 is 1.96 bits per heavy atom. The highest BCUT2D eigenvalue weighted by Gasteiger charge is 2.32. The summed E-state index contributed by atoms with van der Waals surface area (Å²) in [6, 6.07) is 10.5. The summed E-state index contributed by atoms with van der Waals surface area (Å²) in [5, 5.41) is 5.13. The predicted octanol–water partition coefficient (Wildman–Crippen LogP) is 3.00. The zero-order valence-corrected chi connectivity index (χ0v) is 17.0. The summed E-state index contributed by atoms with van der Waals surface area (Å²) >= 11 is 7.22. The van der Waals surface area contributed by atoms with Gasteiger partial charge in [-0.25, -0.2) is 8.42 Å². The van der Waals surface area contributed by atoms with Crippen LogP contribution < -0.4 is 10.1 Å². The minimum Gasteiger partial charge on any atom is -0.490 e. The molecule has 0 aliphatic carbocycles. The van der Waals surface area contributed by atoms with E-state index in [0.717, 1.165) is 0 Å². The van der Waals surface area contributed by atoms with Crippen molar-refractivity contribution in [2.24, 2.45) is 5.92 Å². The van der Waals surface area contributed by atoms with Crippen molar-refractivity contribution in [1.29, 1.82) is 0 Å². The molecule has 146 valence electrons. The van der Waals surface area contributed by atoms with Gasteiger partial charge >= 0.3 is 0 Å². The van der Waals surface area contributed by atoms with Gasteiger partial charge in [0.2, 0.25) is 5.91 Å². The van der Waals surface area contributed by atoms with Crippen LogP contribution in [0.1, 0.15) is 12.8 Å². The Bertz CT molecular complexity index is 863. The third kappa shape index (κ3) is 5.01. The lowest BCUT2D eigenvalue weighted by Gasteiger charge is -2.30. The highest BCUT2D eigenvalue weighted by Crippen LogP contribution is 2.26. The lowest BCUT2D eigenvalue weighted by atomic mass is 9.97. The molecule has 1 N–H and O–H groups in total. The van der Waals surface area contributed by atoms with Crippen molar-refractivity contribution in [2.45, 2.75) is 17.1 Å². The largest absolute Gasteiger partial charge is 0.490 e. The molecule has 1 aromatic carbocycles. The van der Waals surface area contributed by atoms with Crippen LogP contribution in [0.4, 0.5) is 0 Å². The number of amides is 1. The second kappa shape index (κ2) is 9.05. The van der Waals surface area contributed by atoms with Gasteiger partial charge in [0.05, 0.1) is 11.6 Å². The number of rotatable bonds is 7. The molecule has 1 fully saturated rings. The van der Waals surface area contributed by atoms with E-state index in [2.05, 4.69) is 5.32 Å². The number of hydrogen-bond donors (Lipinski definition) is 1. The van der Waals surface area contributed by atoms with E-state index in [-0.39, 0.29) is 11.8 Å². The first kappa shape index (κ1) is 20.1. The summed E-state index contributed by atoms with van der Waals surface area (Å²) < 4.78 is 32.4. The van der Waals surface area contributed by atoms with E-state index in [0.29, 0.717) is 54.1 Å². The SMILES string of the molecule is O=C(NCCOc1ccccc1Cl)C1CCN(S(=O)(=O)c2cccs2)CC1. The lowest BCUT2D eigenvalue weighted by molar-refractivity contribution is -0.126. The van der Waals surface area contributed by atoms with Gasteiger partial charge < -0.3 is 10.1 Å². The fourth-order valence-corrected chi connectivity index (χ4v) is 5.74. The standard InChI is InChI=1S/C18H21ClN2O4S2/c19-15-4-1-2-5-16(15)25-12-9-20-18(22)14-7-10-21(11-8-14)27(23,24)17-6-3-13-26-17/h1-6,13-14H,7-12H2,(H,20,22). The smallest absolute Gasteiger partial charge is 0.252 e. The van der Waals surface area contributed by atoms with E-state index in [4.69, 9.17) is 16.3 Å². The fourth-order valence-electron chi connectivity index (χ4n) is 2.94. The molecule has 3 rings (SSSR count). The quantitative estimate of drug-likeness (QED) is 0.688. The third-order valence-corrected chi connectivity index (χ3v) is 7.99. The number of para-hydroxylation sites is 1. The van der Waals surface area contributed by atoms with Crippen LogP contribution in [-0.2, 0) is 14.8 Å². The third-order valence-electron chi connectivity index (χ3n) is 4.41. The summed E-state index contributed by atoms with van der Waals surface area (Å²) in [6.07, 6.45) is 1.03. The number of carbonyl (C=O) groups is 1. The number of ether oxygens (including phenoxy) is 1. The van der Waals surface area contributed by atoms with E-state index in [1.165, 1.54) is 15.6 Å². The minimum atomic E-state index is -3.44. The highest BCUT2D eigenvalue weighted by molar-refractivity contribution is 7.91. The molecular weight excluding hydrogens is 408 g/mol. The van der Waals surface area contributed by atoms with E-state index < -0.39 is 10.0 Å². The van der Waals surface area contributed by atoms with Crippen molar-refractivity contribution in [1.82, 2.24) is 9.62 Å². The van der Waals surface area contributed by atoms with Crippen LogP contribution in [0.3, 0.4) is 0 Å². The van der Waals surface area contributed by atoms with Crippen molar-refractivity contribution < 1.29 is 17.9 Å². The van der Waals surface area contributed by atoms with Crippen LogP contribution in [0.2, 0.25) is 5.02 Å². The molecule has 0 radical (unpaired) electrons. The van der Waals surface area contributed by atoms with Crippen LogP contribution >= 0.6 is 22.9 Å². The number of halogens is 1. The van der Waals surface area contributed by atoms with Crippen LogP contribution in [0.5, 0.6) is 5.75 Å². The fraction of sp³-hybridized carbons (Fsp3) is 0.389. The molecule has 0 spiro atoms. The Morgan fingerprint density at radius 1 is 1.22 bits per heavy atom. The Hall–Kier alpha value is -1.61. The van der Waals surface area contributed by atoms with E-state index in [1.807, 2.05) is 12.1 Å². The molecule has 1 amide bonds. The second-order valence-electron chi connectivity index (χ2n) is 6.18. The van der Waals surface area contributed by atoms with Crippen LogP contribution in [0.25, 0.3) is 0 Å². The van der Waals surface area contributed by atoms with Gasteiger partial charge in [-0.2, -0.15) is 4.31 Å². The maximum absolute atomic E-state index is 12.5. The Kier molecular flexibility index (Phi) is 6.75.